The van der Waals surface area contributed by atoms with E-state index in [4.69, 9.17) is 0 Å². The first kappa shape index (κ1) is 18.9. The van der Waals surface area contributed by atoms with E-state index in [0.29, 0.717) is 5.56 Å². The van der Waals surface area contributed by atoms with Gasteiger partial charge in [-0.15, -0.1) is 0 Å². The van der Waals surface area contributed by atoms with Gasteiger partial charge in [-0.1, -0.05) is 18.2 Å². The Balaban J connectivity index is 0.00000225. The normalized spacial score (nSPS) is 11.3. The van der Waals surface area contributed by atoms with Crippen molar-refractivity contribution < 1.29 is 9.85 Å². The van der Waals surface area contributed by atoms with Crippen molar-refractivity contribution in [3.63, 3.8) is 0 Å². The maximum absolute atomic E-state index is 11.2. The Kier molecular flexibility index (Phi) is 5.76. The van der Waals surface area contributed by atoms with Crippen LogP contribution in [-0.4, -0.2) is 48.2 Å². The average Bonchev–Trinajstić information content (AvgIpc) is 3.05. The van der Waals surface area contributed by atoms with E-state index in [2.05, 4.69) is 8.75 Å². The molecule has 1 heterocycles. The quantitative estimate of drug-likeness (QED) is 0.393. The van der Waals surface area contributed by atoms with Crippen molar-refractivity contribution in [2.24, 2.45) is 0 Å². The number of aromatic nitrogens is 2. The van der Waals surface area contributed by atoms with Crippen molar-refractivity contribution in [3.8, 4) is 6.07 Å². The average molecular weight is 365 g/mol. The van der Waals surface area contributed by atoms with Crippen LogP contribution in [0.4, 0.5) is 11.4 Å². The maximum atomic E-state index is 11.2. The summed E-state index contributed by atoms with van der Waals surface area (Å²) in [7, 11) is 0. The van der Waals surface area contributed by atoms with Gasteiger partial charge in [0.05, 0.1) is 33.2 Å². The van der Waals surface area contributed by atoms with Gasteiger partial charge >= 0.3 is 29.6 Å². The second kappa shape index (κ2) is 7.62. The molecule has 0 amide bonds. The molecule has 2 aromatic carbocycles. The van der Waals surface area contributed by atoms with Crippen LogP contribution in [-0.2, 0) is 0 Å². The van der Waals surface area contributed by atoms with Gasteiger partial charge in [0.2, 0.25) is 0 Å². The molecule has 1 atom stereocenters. The Morgan fingerprint density at radius 2 is 1.60 bits per heavy atom. The summed E-state index contributed by atoms with van der Waals surface area (Å²) in [6, 6.07) is 10.5. The zero-order valence-electron chi connectivity index (χ0n) is 11.8. The minimum atomic E-state index is -0.987. The van der Waals surface area contributed by atoms with Crippen molar-refractivity contribution in [2.45, 2.75) is 5.92 Å². The van der Waals surface area contributed by atoms with Gasteiger partial charge in [-0.25, -0.2) is 0 Å². The van der Waals surface area contributed by atoms with Crippen molar-refractivity contribution in [3.05, 3.63) is 67.8 Å². The molecular formula is C14H8N5NaO4S. The molecule has 0 spiro atoms. The van der Waals surface area contributed by atoms with Gasteiger partial charge in [0.25, 0.3) is 11.4 Å². The summed E-state index contributed by atoms with van der Waals surface area (Å²) in [6.07, 6.45) is 0. The molecule has 11 heteroatoms. The van der Waals surface area contributed by atoms with Crippen LogP contribution in [0.5, 0.6) is 0 Å². The van der Waals surface area contributed by atoms with Gasteiger partial charge in [0.1, 0.15) is 11.4 Å². The molecule has 0 fully saturated rings. The van der Waals surface area contributed by atoms with Gasteiger partial charge in [-0.3, -0.25) is 20.2 Å². The number of nitriles is 1. The summed E-state index contributed by atoms with van der Waals surface area (Å²) in [6.45, 7) is 0. The van der Waals surface area contributed by atoms with E-state index in [9.17, 15) is 25.5 Å². The first-order valence-corrected chi connectivity index (χ1v) is 7.30. The van der Waals surface area contributed by atoms with Crippen molar-refractivity contribution in [1.82, 2.24) is 8.75 Å². The SMILES string of the molecule is N#CC(c1ccccc1[N+](=O)[O-])c1ccc([N+](=O)[O-])c2nsnc12.[NaH]. The fourth-order valence-electron chi connectivity index (χ4n) is 2.46. The Bertz CT molecular complexity index is 1020. The van der Waals surface area contributed by atoms with Crippen LogP contribution in [0, 0.1) is 31.6 Å². The molecule has 3 aromatic rings. The predicted molar refractivity (Wildman–Crippen MR) is 91.8 cm³/mol. The Hall–Kier alpha value is -2.45. The van der Waals surface area contributed by atoms with Crippen LogP contribution < -0.4 is 0 Å². The number of nitro groups is 2. The van der Waals surface area contributed by atoms with Gasteiger partial charge < -0.3 is 0 Å². The number of hydrogen-bond donors (Lipinski definition) is 0. The molecule has 0 saturated carbocycles. The number of nitrogens with zero attached hydrogens (tertiary/aromatic N) is 5. The molecule has 1 unspecified atom stereocenters. The third-order valence-corrected chi connectivity index (χ3v) is 4.04. The van der Waals surface area contributed by atoms with E-state index in [0.717, 1.165) is 11.7 Å². The molecule has 0 N–H and O–H groups in total. The second-order valence-corrected chi connectivity index (χ2v) is 5.30. The van der Waals surface area contributed by atoms with Crippen molar-refractivity contribution in [2.75, 3.05) is 0 Å². The standard InChI is InChI=1S/C14H7N5O4S.Na.H/c15-7-10(8-3-1-2-4-11(8)18(20)21)9-5-6-12(19(22)23)14-13(9)16-24-17-14;;/h1-6,10H;;. The van der Waals surface area contributed by atoms with Crippen molar-refractivity contribution in [1.29, 1.82) is 5.26 Å². The van der Waals surface area contributed by atoms with Crippen LogP contribution >= 0.6 is 11.7 Å². The first-order valence-electron chi connectivity index (χ1n) is 6.57. The van der Waals surface area contributed by atoms with Crippen molar-refractivity contribution >= 4 is 63.7 Å². The van der Waals surface area contributed by atoms with E-state index < -0.39 is 15.8 Å². The van der Waals surface area contributed by atoms with Gasteiger partial charge in [-0.2, -0.15) is 14.0 Å². The van der Waals surface area contributed by atoms with E-state index in [1.54, 1.807) is 6.07 Å². The number of benzene rings is 2. The molecule has 1 aromatic heterocycles. The molecule has 0 aliphatic carbocycles. The first-order chi connectivity index (χ1) is 11.5. The topological polar surface area (TPSA) is 136 Å². The van der Waals surface area contributed by atoms with Crippen LogP contribution in [0.25, 0.3) is 11.0 Å². The van der Waals surface area contributed by atoms with Crippen LogP contribution in [0.3, 0.4) is 0 Å². The number of para-hydroxylation sites is 1. The predicted octanol–water partition coefficient (Wildman–Crippen LogP) is 2.51. The van der Waals surface area contributed by atoms with E-state index in [-0.39, 0.29) is 57.5 Å². The van der Waals surface area contributed by atoms with E-state index in [1.165, 1.54) is 30.3 Å². The summed E-state index contributed by atoms with van der Waals surface area (Å²) < 4.78 is 7.95. The van der Waals surface area contributed by atoms with E-state index in [1.807, 2.05) is 6.07 Å². The molecule has 3 rings (SSSR count). The molecule has 0 aliphatic heterocycles. The molecular weight excluding hydrogens is 357 g/mol. The Morgan fingerprint density at radius 1 is 0.960 bits per heavy atom. The number of hydrogen-bond acceptors (Lipinski definition) is 8. The molecule has 0 bridgehead atoms. The van der Waals surface area contributed by atoms with Crippen LogP contribution in [0.1, 0.15) is 17.0 Å². The zero-order valence-corrected chi connectivity index (χ0v) is 12.6. The molecule has 25 heavy (non-hydrogen) atoms. The fourth-order valence-corrected chi connectivity index (χ4v) is 3.03. The summed E-state index contributed by atoms with van der Waals surface area (Å²) >= 11 is 0.784. The van der Waals surface area contributed by atoms with Gasteiger partial charge in [0, 0.05) is 17.7 Å². The molecule has 0 radical (unpaired) electrons. The molecule has 120 valence electrons. The second-order valence-electron chi connectivity index (χ2n) is 4.77. The number of non-ortho nitro benzene ring substituents is 1. The van der Waals surface area contributed by atoms with Gasteiger partial charge in [0.15, 0.2) is 5.52 Å². The third kappa shape index (κ3) is 3.35. The molecule has 9 nitrogen and oxygen atoms in total. The number of rotatable bonds is 4. The molecule has 0 saturated heterocycles. The zero-order chi connectivity index (χ0) is 17.3. The third-order valence-electron chi connectivity index (χ3n) is 3.51. The van der Waals surface area contributed by atoms with Crippen LogP contribution in [0.15, 0.2) is 36.4 Å². The summed E-state index contributed by atoms with van der Waals surface area (Å²) in [4.78, 5) is 21.1. The van der Waals surface area contributed by atoms with Gasteiger partial charge in [-0.05, 0) is 6.07 Å². The summed E-state index contributed by atoms with van der Waals surface area (Å²) in [5.41, 5.74) is 0.412. The Morgan fingerprint density at radius 3 is 2.24 bits per heavy atom. The Labute approximate surface area is 166 Å². The summed E-state index contributed by atoms with van der Waals surface area (Å²) in [5, 5.41) is 31.8. The van der Waals surface area contributed by atoms with E-state index >= 15 is 0 Å². The van der Waals surface area contributed by atoms with Crippen LogP contribution in [0.2, 0.25) is 0 Å². The molecule has 0 aliphatic rings. The number of nitro benzene ring substituents is 2. The minimum absolute atomic E-state index is 0. The monoisotopic (exact) mass is 365 g/mol. The summed E-state index contributed by atoms with van der Waals surface area (Å²) in [5.74, 6) is -0.987. The fraction of sp³-hybridized carbons (Fsp3) is 0.0714. The number of fused-ring (bicyclic) bond motifs is 1.